The molecule has 134 valence electrons. The lowest BCUT2D eigenvalue weighted by atomic mass is 10.1. The second kappa shape index (κ2) is 8.94. The van der Waals surface area contributed by atoms with Gasteiger partial charge in [-0.3, -0.25) is 0 Å². The molecule has 0 unspecified atom stereocenters. The minimum absolute atomic E-state index is 0.518. The van der Waals surface area contributed by atoms with E-state index in [4.69, 9.17) is 16.3 Å². The SMILES string of the molecule is Cc1c(Cl)cccc1NCc1cc(Br)cc(Br)c1OCc1ccccc1. The van der Waals surface area contributed by atoms with Gasteiger partial charge in [0, 0.05) is 27.3 Å². The van der Waals surface area contributed by atoms with Gasteiger partial charge in [-0.25, -0.2) is 0 Å². The molecule has 0 aliphatic rings. The molecule has 5 heteroatoms. The first-order valence-corrected chi connectivity index (χ1v) is 10.1. The Hall–Kier alpha value is -1.49. The van der Waals surface area contributed by atoms with Gasteiger partial charge < -0.3 is 10.1 Å². The van der Waals surface area contributed by atoms with Crippen LogP contribution < -0.4 is 10.1 Å². The number of halogens is 3. The topological polar surface area (TPSA) is 21.3 Å². The van der Waals surface area contributed by atoms with E-state index in [2.05, 4.69) is 55.4 Å². The van der Waals surface area contributed by atoms with Crippen LogP contribution in [0.15, 0.2) is 69.6 Å². The summed E-state index contributed by atoms with van der Waals surface area (Å²) < 4.78 is 8.03. The standard InChI is InChI=1S/C21H18Br2ClNO/c1-14-19(24)8-5-9-20(14)25-12-16-10-17(22)11-18(23)21(16)26-13-15-6-3-2-4-7-15/h2-11,25H,12-13H2,1H3. The summed E-state index contributed by atoms with van der Waals surface area (Å²) in [5.74, 6) is 0.837. The molecule has 0 radical (unpaired) electrons. The average molecular weight is 496 g/mol. The number of anilines is 1. The monoisotopic (exact) mass is 493 g/mol. The molecule has 0 bridgehead atoms. The van der Waals surface area contributed by atoms with Crippen LogP contribution in [-0.2, 0) is 13.2 Å². The van der Waals surface area contributed by atoms with E-state index in [0.29, 0.717) is 13.2 Å². The zero-order valence-corrected chi connectivity index (χ0v) is 18.2. The third-order valence-corrected chi connectivity index (χ3v) is 5.50. The van der Waals surface area contributed by atoms with E-state index in [1.807, 2.05) is 49.4 Å². The van der Waals surface area contributed by atoms with Gasteiger partial charge in [-0.2, -0.15) is 0 Å². The number of hydrogen-bond donors (Lipinski definition) is 1. The van der Waals surface area contributed by atoms with Crippen molar-refractivity contribution in [3.63, 3.8) is 0 Å². The van der Waals surface area contributed by atoms with Crippen molar-refractivity contribution in [3.05, 3.63) is 91.3 Å². The van der Waals surface area contributed by atoms with Gasteiger partial charge in [-0.05, 0) is 58.2 Å². The van der Waals surface area contributed by atoms with Crippen LogP contribution in [0.3, 0.4) is 0 Å². The second-order valence-electron chi connectivity index (χ2n) is 5.92. The van der Waals surface area contributed by atoms with Crippen LogP contribution in [0.1, 0.15) is 16.7 Å². The molecule has 0 atom stereocenters. The molecule has 26 heavy (non-hydrogen) atoms. The normalized spacial score (nSPS) is 10.6. The fraction of sp³-hybridized carbons (Fsp3) is 0.143. The average Bonchev–Trinajstić information content (AvgIpc) is 2.63. The van der Waals surface area contributed by atoms with Gasteiger partial charge in [-0.15, -0.1) is 0 Å². The summed E-state index contributed by atoms with van der Waals surface area (Å²) in [6.45, 7) is 3.15. The number of hydrogen-bond acceptors (Lipinski definition) is 2. The molecule has 3 rings (SSSR count). The second-order valence-corrected chi connectivity index (χ2v) is 8.09. The highest BCUT2D eigenvalue weighted by atomic mass is 79.9. The van der Waals surface area contributed by atoms with Crippen LogP contribution in [0.2, 0.25) is 5.02 Å². The van der Waals surface area contributed by atoms with Gasteiger partial charge in [0.1, 0.15) is 12.4 Å². The van der Waals surface area contributed by atoms with Gasteiger partial charge in [0.15, 0.2) is 0 Å². The fourth-order valence-electron chi connectivity index (χ4n) is 2.63. The molecule has 0 spiro atoms. The summed E-state index contributed by atoms with van der Waals surface area (Å²) in [7, 11) is 0. The van der Waals surface area contributed by atoms with Crippen molar-refractivity contribution < 1.29 is 4.74 Å². The fourth-order valence-corrected chi connectivity index (χ4v) is 4.23. The quantitative estimate of drug-likeness (QED) is 0.386. The van der Waals surface area contributed by atoms with Crippen LogP contribution in [0.4, 0.5) is 5.69 Å². The molecule has 0 aliphatic heterocycles. The van der Waals surface area contributed by atoms with Crippen LogP contribution in [0, 0.1) is 6.92 Å². The van der Waals surface area contributed by atoms with Crippen LogP contribution in [-0.4, -0.2) is 0 Å². The lowest BCUT2D eigenvalue weighted by Gasteiger charge is -2.16. The molecule has 3 aromatic carbocycles. The largest absolute Gasteiger partial charge is 0.487 e. The molecule has 0 saturated heterocycles. The number of nitrogens with one attached hydrogen (secondary N) is 1. The summed E-state index contributed by atoms with van der Waals surface area (Å²) in [4.78, 5) is 0. The lowest BCUT2D eigenvalue weighted by molar-refractivity contribution is 0.301. The van der Waals surface area contributed by atoms with Crippen molar-refractivity contribution in [2.24, 2.45) is 0 Å². The molecule has 0 heterocycles. The van der Waals surface area contributed by atoms with Crippen LogP contribution in [0.25, 0.3) is 0 Å². The van der Waals surface area contributed by atoms with E-state index >= 15 is 0 Å². The van der Waals surface area contributed by atoms with Crippen molar-refractivity contribution in [1.82, 2.24) is 0 Å². The van der Waals surface area contributed by atoms with E-state index in [0.717, 1.165) is 42.1 Å². The smallest absolute Gasteiger partial charge is 0.139 e. The van der Waals surface area contributed by atoms with E-state index in [1.165, 1.54) is 0 Å². The molecule has 0 aliphatic carbocycles. The Bertz CT molecular complexity index is 900. The minimum Gasteiger partial charge on any atom is -0.487 e. The lowest BCUT2D eigenvalue weighted by Crippen LogP contribution is -2.05. The Morgan fingerprint density at radius 2 is 1.77 bits per heavy atom. The molecule has 1 N–H and O–H groups in total. The Morgan fingerprint density at radius 3 is 2.54 bits per heavy atom. The van der Waals surface area contributed by atoms with E-state index < -0.39 is 0 Å². The Morgan fingerprint density at radius 1 is 1.00 bits per heavy atom. The van der Waals surface area contributed by atoms with Gasteiger partial charge in [0.25, 0.3) is 0 Å². The number of benzene rings is 3. The Balaban J connectivity index is 1.80. The van der Waals surface area contributed by atoms with Crippen molar-refractivity contribution in [2.75, 3.05) is 5.32 Å². The molecule has 2 nitrogen and oxygen atoms in total. The summed E-state index contributed by atoms with van der Waals surface area (Å²) >= 11 is 13.4. The number of rotatable bonds is 6. The maximum atomic E-state index is 6.22. The predicted octanol–water partition coefficient (Wildman–Crippen LogP) is 7.36. The molecule has 0 fully saturated rings. The van der Waals surface area contributed by atoms with Gasteiger partial charge in [-0.1, -0.05) is 63.9 Å². The van der Waals surface area contributed by atoms with E-state index in [-0.39, 0.29) is 0 Å². The molecular formula is C21H18Br2ClNO. The molecule has 0 amide bonds. The maximum absolute atomic E-state index is 6.22. The molecule has 3 aromatic rings. The van der Waals surface area contributed by atoms with Crippen molar-refractivity contribution in [3.8, 4) is 5.75 Å². The highest BCUT2D eigenvalue weighted by Crippen LogP contribution is 2.34. The summed E-state index contributed by atoms with van der Waals surface area (Å²) in [5.41, 5.74) is 4.24. The van der Waals surface area contributed by atoms with Crippen LogP contribution >= 0.6 is 43.5 Å². The first-order valence-electron chi connectivity index (χ1n) is 8.18. The highest BCUT2D eigenvalue weighted by molar-refractivity contribution is 9.11. The zero-order chi connectivity index (χ0) is 18.5. The summed E-state index contributed by atoms with van der Waals surface area (Å²) in [6, 6.07) is 20.1. The van der Waals surface area contributed by atoms with Crippen LogP contribution in [0.5, 0.6) is 5.75 Å². The van der Waals surface area contributed by atoms with Gasteiger partial charge >= 0.3 is 0 Å². The first kappa shape index (κ1) is 19.3. The predicted molar refractivity (Wildman–Crippen MR) is 116 cm³/mol. The number of ether oxygens (including phenoxy) is 1. The zero-order valence-electron chi connectivity index (χ0n) is 14.2. The van der Waals surface area contributed by atoms with Crippen molar-refractivity contribution >= 4 is 49.1 Å². The van der Waals surface area contributed by atoms with Gasteiger partial charge in [0.05, 0.1) is 4.47 Å². The van der Waals surface area contributed by atoms with Gasteiger partial charge in [0.2, 0.25) is 0 Å². The highest BCUT2D eigenvalue weighted by Gasteiger charge is 2.12. The van der Waals surface area contributed by atoms with E-state index in [1.54, 1.807) is 0 Å². The Labute approximate surface area is 175 Å². The third-order valence-electron chi connectivity index (χ3n) is 4.05. The summed E-state index contributed by atoms with van der Waals surface area (Å²) in [5, 5.41) is 4.21. The van der Waals surface area contributed by atoms with Crippen molar-refractivity contribution in [2.45, 2.75) is 20.1 Å². The molecule has 0 aromatic heterocycles. The first-order chi connectivity index (χ1) is 12.5. The Kier molecular flexibility index (Phi) is 6.63. The van der Waals surface area contributed by atoms with Crippen molar-refractivity contribution in [1.29, 1.82) is 0 Å². The summed E-state index contributed by atoms with van der Waals surface area (Å²) in [6.07, 6.45) is 0. The maximum Gasteiger partial charge on any atom is 0.139 e. The molecular weight excluding hydrogens is 477 g/mol. The molecule has 0 saturated carbocycles. The van der Waals surface area contributed by atoms with E-state index in [9.17, 15) is 0 Å². The minimum atomic E-state index is 0.518. The third kappa shape index (κ3) is 4.81.